The van der Waals surface area contributed by atoms with Crippen molar-refractivity contribution in [2.24, 2.45) is 5.92 Å². The van der Waals surface area contributed by atoms with Gasteiger partial charge in [-0.05, 0) is 71.0 Å². The van der Waals surface area contributed by atoms with Crippen molar-refractivity contribution in [3.8, 4) is 23.3 Å². The molecule has 3 aromatic heterocycles. The number of nitrogens with two attached hydrogens (primary N) is 1. The number of ether oxygens (including phenoxy) is 1. The van der Waals surface area contributed by atoms with E-state index in [2.05, 4.69) is 43.6 Å². The number of nitrogen functional groups attached to an aromatic ring is 1. The van der Waals surface area contributed by atoms with Crippen LogP contribution in [0.2, 0.25) is 0 Å². The molecule has 42 heavy (non-hydrogen) atoms. The van der Waals surface area contributed by atoms with Crippen LogP contribution in [0.5, 0.6) is 5.75 Å². The third-order valence-electron chi connectivity index (χ3n) is 9.13. The number of amides is 1. The van der Waals surface area contributed by atoms with Crippen LogP contribution < -0.4 is 10.5 Å². The Labute approximate surface area is 250 Å². The third-order valence-corrected chi connectivity index (χ3v) is 10.2. The standard InChI is InChI=1S/C31H37N7O3S/c1-5-26(39)38-16-21(17-38)40-20-13-19(12-18(2)24-8-7-11-37(24)4)34-23(14-20)29-35-30(41-36-29)31(3)10-6-9-25-27(31)22(15-32)28(33)42-25/h5,13-14,18,21,24H,1,6-12,16-17,33H2,2-4H3/t18-,24?,31+/m1/s1. The Bertz CT molecular complexity index is 1550. The molecule has 0 bridgehead atoms. The highest BCUT2D eigenvalue weighted by molar-refractivity contribution is 7.16. The molecule has 1 aliphatic carbocycles. The molecule has 2 fully saturated rings. The molecule has 1 unspecified atom stereocenters. The van der Waals surface area contributed by atoms with Crippen LogP contribution >= 0.6 is 11.3 Å². The van der Waals surface area contributed by atoms with E-state index in [0.717, 1.165) is 48.4 Å². The Morgan fingerprint density at radius 2 is 2.19 bits per heavy atom. The molecule has 5 heterocycles. The lowest BCUT2D eigenvalue weighted by molar-refractivity contribution is -0.134. The smallest absolute Gasteiger partial charge is 0.246 e. The van der Waals surface area contributed by atoms with E-state index in [1.807, 2.05) is 12.1 Å². The van der Waals surface area contributed by atoms with Crippen LogP contribution in [0.15, 0.2) is 29.3 Å². The summed E-state index contributed by atoms with van der Waals surface area (Å²) in [7, 11) is 2.19. The summed E-state index contributed by atoms with van der Waals surface area (Å²) in [5, 5.41) is 14.8. The van der Waals surface area contributed by atoms with Gasteiger partial charge in [0.15, 0.2) is 0 Å². The zero-order valence-corrected chi connectivity index (χ0v) is 25.2. The number of aryl methyl sites for hydroxylation is 1. The van der Waals surface area contributed by atoms with Gasteiger partial charge in [0.25, 0.3) is 0 Å². The summed E-state index contributed by atoms with van der Waals surface area (Å²) in [5.41, 5.74) is 8.53. The van der Waals surface area contributed by atoms with Crippen LogP contribution in [-0.4, -0.2) is 69.7 Å². The Morgan fingerprint density at radius 3 is 2.90 bits per heavy atom. The van der Waals surface area contributed by atoms with Gasteiger partial charge in [-0.25, -0.2) is 4.98 Å². The fraction of sp³-hybridized carbons (Fsp3) is 0.516. The number of anilines is 1. The predicted octanol–water partition coefficient (Wildman–Crippen LogP) is 4.34. The minimum absolute atomic E-state index is 0.0916. The fourth-order valence-corrected chi connectivity index (χ4v) is 8.03. The SMILES string of the molecule is C=CC(=O)N1CC(Oc2cc(C[C@@H](C)C3CCCN3C)nc(-c3noc([C@@]4(C)CCCc5sc(N)c(C#N)c54)n3)c2)C1. The molecule has 0 aromatic carbocycles. The van der Waals surface area contributed by atoms with E-state index in [9.17, 15) is 10.1 Å². The highest BCUT2D eigenvalue weighted by atomic mass is 32.1. The van der Waals surface area contributed by atoms with Gasteiger partial charge in [-0.15, -0.1) is 11.3 Å². The molecule has 2 aliphatic heterocycles. The number of thiophene rings is 1. The number of aromatic nitrogens is 3. The van der Waals surface area contributed by atoms with E-state index in [1.54, 1.807) is 4.90 Å². The van der Waals surface area contributed by atoms with Gasteiger partial charge in [-0.2, -0.15) is 10.2 Å². The highest BCUT2D eigenvalue weighted by Crippen LogP contribution is 2.48. The number of nitrogens with zero attached hydrogens (tertiary/aromatic N) is 6. The number of pyridine rings is 1. The molecule has 0 spiro atoms. The molecular formula is C31H37N7O3S. The van der Waals surface area contributed by atoms with Gasteiger partial charge in [-0.3, -0.25) is 4.79 Å². The first-order chi connectivity index (χ1) is 20.2. The molecular weight excluding hydrogens is 550 g/mol. The summed E-state index contributed by atoms with van der Waals surface area (Å²) >= 11 is 1.48. The van der Waals surface area contributed by atoms with Crippen LogP contribution in [-0.2, 0) is 23.1 Å². The quantitative estimate of drug-likeness (QED) is 0.382. The average molecular weight is 588 g/mol. The first-order valence-corrected chi connectivity index (χ1v) is 15.5. The summed E-state index contributed by atoms with van der Waals surface area (Å²) in [6.07, 6.45) is 7.01. The molecule has 1 amide bonds. The van der Waals surface area contributed by atoms with Gasteiger partial charge in [0.2, 0.25) is 17.6 Å². The zero-order chi connectivity index (χ0) is 29.6. The van der Waals surface area contributed by atoms with Crippen LogP contribution in [0, 0.1) is 17.2 Å². The van der Waals surface area contributed by atoms with E-state index in [-0.39, 0.29) is 12.0 Å². The van der Waals surface area contributed by atoms with Crippen molar-refractivity contribution >= 4 is 22.2 Å². The van der Waals surface area contributed by atoms with Crippen molar-refractivity contribution < 1.29 is 14.1 Å². The van der Waals surface area contributed by atoms with Crippen molar-refractivity contribution in [3.63, 3.8) is 0 Å². The molecule has 3 aromatic rings. The van der Waals surface area contributed by atoms with Crippen molar-refractivity contribution in [1.29, 1.82) is 5.26 Å². The lowest BCUT2D eigenvalue weighted by Crippen LogP contribution is -2.55. The largest absolute Gasteiger partial charge is 0.487 e. The van der Waals surface area contributed by atoms with Crippen LogP contribution in [0.4, 0.5) is 5.00 Å². The van der Waals surface area contributed by atoms with Crippen LogP contribution in [0.1, 0.15) is 67.1 Å². The number of rotatable bonds is 8. The fourth-order valence-electron chi connectivity index (χ4n) is 6.84. The van der Waals surface area contributed by atoms with Crippen LogP contribution in [0.25, 0.3) is 11.5 Å². The topological polar surface area (TPSA) is 134 Å². The van der Waals surface area contributed by atoms with Gasteiger partial charge in [0.05, 0.1) is 24.1 Å². The second-order valence-corrected chi connectivity index (χ2v) is 13.2. The predicted molar refractivity (Wildman–Crippen MR) is 160 cm³/mol. The van der Waals surface area contributed by atoms with Gasteiger partial charge < -0.3 is 24.8 Å². The molecule has 11 heteroatoms. The normalized spacial score (nSPS) is 23.2. The monoisotopic (exact) mass is 587 g/mol. The number of carbonyl (C=O) groups is 1. The van der Waals surface area contributed by atoms with E-state index in [4.69, 9.17) is 25.0 Å². The molecule has 2 N–H and O–H groups in total. The summed E-state index contributed by atoms with van der Waals surface area (Å²) in [4.78, 5) is 27.0. The van der Waals surface area contributed by atoms with Gasteiger partial charge >= 0.3 is 0 Å². The van der Waals surface area contributed by atoms with E-state index in [1.165, 1.54) is 30.3 Å². The maximum atomic E-state index is 11.9. The zero-order valence-electron chi connectivity index (χ0n) is 24.4. The summed E-state index contributed by atoms with van der Waals surface area (Å²) in [6, 6.07) is 6.65. The highest BCUT2D eigenvalue weighted by Gasteiger charge is 2.43. The number of hydrogen-bond donors (Lipinski definition) is 1. The summed E-state index contributed by atoms with van der Waals surface area (Å²) < 4.78 is 12.2. The Morgan fingerprint density at radius 1 is 1.38 bits per heavy atom. The van der Waals surface area contributed by atoms with E-state index >= 15 is 0 Å². The maximum absolute atomic E-state index is 11.9. The Balaban J connectivity index is 1.31. The molecule has 10 nitrogen and oxygen atoms in total. The number of fused-ring (bicyclic) bond motifs is 1. The number of hydrogen-bond acceptors (Lipinski definition) is 10. The van der Waals surface area contributed by atoms with Crippen molar-refractivity contribution in [3.05, 3.63) is 52.4 Å². The van der Waals surface area contributed by atoms with Gasteiger partial charge in [0, 0.05) is 34.3 Å². The van der Waals surface area contributed by atoms with Crippen molar-refractivity contribution in [1.82, 2.24) is 24.9 Å². The van der Waals surface area contributed by atoms with Gasteiger partial charge in [0.1, 0.15) is 28.6 Å². The molecule has 0 radical (unpaired) electrons. The molecule has 3 atom stereocenters. The lowest BCUT2D eigenvalue weighted by atomic mass is 9.72. The first kappa shape index (κ1) is 28.4. The Hall–Kier alpha value is -3.75. The maximum Gasteiger partial charge on any atom is 0.246 e. The minimum Gasteiger partial charge on any atom is -0.487 e. The molecule has 3 aliphatic rings. The second-order valence-electron chi connectivity index (χ2n) is 12.1. The minimum atomic E-state index is -0.608. The molecule has 2 saturated heterocycles. The van der Waals surface area contributed by atoms with Crippen LogP contribution in [0.3, 0.4) is 0 Å². The Kier molecular flexibility index (Phi) is 7.53. The molecule has 220 valence electrons. The van der Waals surface area contributed by atoms with Gasteiger partial charge in [-0.1, -0.05) is 18.7 Å². The summed E-state index contributed by atoms with van der Waals surface area (Å²) in [6.45, 7) is 10.0. The van der Waals surface area contributed by atoms with E-state index in [0.29, 0.717) is 58.8 Å². The van der Waals surface area contributed by atoms with Crippen molar-refractivity contribution in [2.45, 2.75) is 69.9 Å². The lowest BCUT2D eigenvalue weighted by Gasteiger charge is -2.38. The average Bonchev–Trinajstić information content (AvgIpc) is 3.69. The van der Waals surface area contributed by atoms with E-state index < -0.39 is 5.41 Å². The second kappa shape index (κ2) is 11.2. The first-order valence-electron chi connectivity index (χ1n) is 14.7. The summed E-state index contributed by atoms with van der Waals surface area (Å²) in [5.74, 6) is 1.83. The van der Waals surface area contributed by atoms with Crippen molar-refractivity contribution in [2.75, 3.05) is 32.4 Å². The number of nitriles is 1. The number of likely N-dealkylation sites (tertiary alicyclic amines) is 2. The number of carbonyl (C=O) groups excluding carboxylic acids is 1. The third kappa shape index (κ3) is 5.07. The molecule has 6 rings (SSSR count). The molecule has 0 saturated carbocycles.